The van der Waals surface area contributed by atoms with Crippen LogP contribution in [0.3, 0.4) is 0 Å². The molecular weight excluding hydrogens is 172 g/mol. The molecule has 0 radical (unpaired) electrons. The first-order chi connectivity index (χ1) is 6.11. The highest BCUT2D eigenvalue weighted by Crippen LogP contribution is 2.12. The van der Waals surface area contributed by atoms with Crippen molar-refractivity contribution < 1.29 is 14.6 Å². The van der Waals surface area contributed by atoms with Gasteiger partial charge in [0.15, 0.2) is 0 Å². The number of aromatic nitrogens is 2. The summed E-state index contributed by atoms with van der Waals surface area (Å²) in [5.41, 5.74) is 0. The number of hydrogen-bond donors (Lipinski definition) is 1. The van der Waals surface area contributed by atoms with Gasteiger partial charge in [-0.05, 0) is 6.92 Å². The first kappa shape index (κ1) is 9.73. The number of ether oxygens (including phenoxy) is 1. The van der Waals surface area contributed by atoms with Crippen molar-refractivity contribution in [2.45, 2.75) is 13.0 Å². The lowest BCUT2D eigenvalue weighted by Crippen LogP contribution is -2.12. The molecular formula is C8H12N2O3. The lowest BCUT2D eigenvalue weighted by molar-refractivity contribution is -0.144. The van der Waals surface area contributed by atoms with Gasteiger partial charge < -0.3 is 14.4 Å². The van der Waals surface area contributed by atoms with Gasteiger partial charge in [-0.3, -0.25) is 0 Å². The van der Waals surface area contributed by atoms with E-state index in [1.165, 1.54) is 0 Å². The molecule has 0 bridgehead atoms. The Bertz CT molecular complexity index is 295. The molecule has 0 aliphatic rings. The topological polar surface area (TPSA) is 64.3 Å². The van der Waals surface area contributed by atoms with Gasteiger partial charge in [-0.15, -0.1) is 0 Å². The molecule has 0 aliphatic carbocycles. The SMILES string of the molecule is CC(OCC(=O)O)c1nccn1C. The highest BCUT2D eigenvalue weighted by atomic mass is 16.5. The predicted octanol–water partition coefficient (Wildman–Crippen LogP) is 0.582. The highest BCUT2D eigenvalue weighted by Gasteiger charge is 2.11. The van der Waals surface area contributed by atoms with Crippen LogP contribution >= 0.6 is 0 Å². The normalized spacial score (nSPS) is 12.8. The second-order valence-electron chi connectivity index (χ2n) is 2.74. The lowest BCUT2D eigenvalue weighted by Gasteiger charge is -2.10. The van der Waals surface area contributed by atoms with Gasteiger partial charge in [0.05, 0.1) is 0 Å². The summed E-state index contributed by atoms with van der Waals surface area (Å²) in [7, 11) is 1.84. The largest absolute Gasteiger partial charge is 0.480 e. The first-order valence-electron chi connectivity index (χ1n) is 3.92. The van der Waals surface area contributed by atoms with Gasteiger partial charge in [0.1, 0.15) is 18.5 Å². The van der Waals surface area contributed by atoms with E-state index in [1.54, 1.807) is 23.9 Å². The van der Waals surface area contributed by atoms with E-state index < -0.39 is 5.97 Å². The van der Waals surface area contributed by atoms with E-state index in [-0.39, 0.29) is 12.7 Å². The van der Waals surface area contributed by atoms with E-state index in [2.05, 4.69) is 4.98 Å². The monoisotopic (exact) mass is 184 g/mol. The Balaban J connectivity index is 2.53. The van der Waals surface area contributed by atoms with E-state index in [4.69, 9.17) is 9.84 Å². The molecule has 1 aromatic heterocycles. The first-order valence-corrected chi connectivity index (χ1v) is 3.92. The van der Waals surface area contributed by atoms with Crippen LogP contribution in [-0.2, 0) is 16.6 Å². The molecule has 0 saturated heterocycles. The van der Waals surface area contributed by atoms with E-state index in [1.807, 2.05) is 7.05 Å². The molecule has 0 spiro atoms. The standard InChI is InChI=1S/C8H12N2O3/c1-6(13-5-7(11)12)8-9-3-4-10(8)2/h3-4,6H,5H2,1-2H3,(H,11,12). The van der Waals surface area contributed by atoms with Gasteiger partial charge >= 0.3 is 5.97 Å². The third-order valence-electron chi connectivity index (χ3n) is 1.68. The summed E-state index contributed by atoms with van der Waals surface area (Å²) in [6.45, 7) is 1.47. The number of nitrogens with zero attached hydrogens (tertiary/aromatic N) is 2. The van der Waals surface area contributed by atoms with Crippen molar-refractivity contribution in [3.63, 3.8) is 0 Å². The predicted molar refractivity (Wildman–Crippen MR) is 45.2 cm³/mol. The summed E-state index contributed by atoms with van der Waals surface area (Å²) < 4.78 is 6.84. The molecule has 72 valence electrons. The number of aryl methyl sites for hydroxylation is 1. The second kappa shape index (κ2) is 4.04. The summed E-state index contributed by atoms with van der Waals surface area (Å²) in [6.07, 6.45) is 3.14. The third kappa shape index (κ3) is 2.55. The molecule has 5 heteroatoms. The van der Waals surface area contributed by atoms with Crippen LogP contribution in [0.5, 0.6) is 0 Å². The molecule has 0 fully saturated rings. The Labute approximate surface area is 76.0 Å². The van der Waals surface area contributed by atoms with Crippen LogP contribution in [0.1, 0.15) is 18.9 Å². The minimum Gasteiger partial charge on any atom is -0.480 e. The number of carbonyl (C=O) groups is 1. The molecule has 13 heavy (non-hydrogen) atoms. The summed E-state index contributed by atoms with van der Waals surface area (Å²) in [5.74, 6) is -0.248. The van der Waals surface area contributed by atoms with Crippen LogP contribution < -0.4 is 0 Å². The summed E-state index contributed by atoms with van der Waals surface area (Å²) in [4.78, 5) is 14.2. The van der Waals surface area contributed by atoms with Crippen LogP contribution in [0, 0.1) is 0 Å². The Morgan fingerprint density at radius 1 is 1.85 bits per heavy atom. The average Bonchev–Trinajstić information content (AvgIpc) is 2.47. The zero-order chi connectivity index (χ0) is 9.84. The maximum atomic E-state index is 10.2. The molecule has 1 rings (SSSR count). The average molecular weight is 184 g/mol. The van der Waals surface area contributed by atoms with Gasteiger partial charge in [0.25, 0.3) is 0 Å². The van der Waals surface area contributed by atoms with Crippen LogP contribution in [0.15, 0.2) is 12.4 Å². The zero-order valence-electron chi connectivity index (χ0n) is 7.60. The quantitative estimate of drug-likeness (QED) is 0.743. The number of hydrogen-bond acceptors (Lipinski definition) is 3. The van der Waals surface area contributed by atoms with Crippen LogP contribution in [0.2, 0.25) is 0 Å². The maximum Gasteiger partial charge on any atom is 0.329 e. The van der Waals surface area contributed by atoms with Crippen LogP contribution in [-0.4, -0.2) is 27.2 Å². The highest BCUT2D eigenvalue weighted by molar-refractivity contribution is 5.68. The molecule has 0 aliphatic heterocycles. The van der Waals surface area contributed by atoms with Gasteiger partial charge in [0.2, 0.25) is 0 Å². The molecule has 5 nitrogen and oxygen atoms in total. The molecule has 1 aromatic rings. The van der Waals surface area contributed by atoms with Crippen molar-refractivity contribution in [2.75, 3.05) is 6.61 Å². The second-order valence-corrected chi connectivity index (χ2v) is 2.74. The van der Waals surface area contributed by atoms with E-state index in [9.17, 15) is 4.79 Å². The lowest BCUT2D eigenvalue weighted by atomic mass is 10.4. The molecule has 1 unspecified atom stereocenters. The number of imidazole rings is 1. The van der Waals surface area contributed by atoms with Crippen molar-refractivity contribution in [3.05, 3.63) is 18.2 Å². The number of aliphatic carboxylic acids is 1. The minimum atomic E-state index is -0.971. The zero-order valence-corrected chi connectivity index (χ0v) is 7.60. The molecule has 1 N–H and O–H groups in total. The number of carboxylic acids is 1. The summed E-state index contributed by atoms with van der Waals surface area (Å²) >= 11 is 0. The van der Waals surface area contributed by atoms with E-state index in [0.717, 1.165) is 5.82 Å². The third-order valence-corrected chi connectivity index (χ3v) is 1.68. The Hall–Kier alpha value is -1.36. The Morgan fingerprint density at radius 2 is 2.54 bits per heavy atom. The van der Waals surface area contributed by atoms with E-state index in [0.29, 0.717) is 0 Å². The van der Waals surface area contributed by atoms with Gasteiger partial charge in [-0.1, -0.05) is 0 Å². The number of carboxylic acid groups (broad SMARTS) is 1. The van der Waals surface area contributed by atoms with Gasteiger partial charge in [-0.2, -0.15) is 0 Å². The Kier molecular flexibility index (Phi) is 3.02. The minimum absolute atomic E-state index is 0.295. The molecule has 1 heterocycles. The van der Waals surface area contributed by atoms with Gasteiger partial charge in [0, 0.05) is 19.4 Å². The molecule has 0 aromatic carbocycles. The Morgan fingerprint density at radius 3 is 3.00 bits per heavy atom. The van der Waals surface area contributed by atoms with E-state index >= 15 is 0 Å². The molecule has 0 amide bonds. The fraction of sp³-hybridized carbons (Fsp3) is 0.500. The fourth-order valence-corrected chi connectivity index (χ4v) is 1.04. The van der Waals surface area contributed by atoms with Crippen molar-refractivity contribution in [3.8, 4) is 0 Å². The summed E-state index contributed by atoms with van der Waals surface area (Å²) in [6, 6.07) is 0. The number of rotatable bonds is 4. The van der Waals surface area contributed by atoms with Crippen LogP contribution in [0.4, 0.5) is 0 Å². The fourth-order valence-electron chi connectivity index (χ4n) is 1.04. The van der Waals surface area contributed by atoms with Crippen molar-refractivity contribution >= 4 is 5.97 Å². The molecule has 1 atom stereocenters. The summed E-state index contributed by atoms with van der Waals surface area (Å²) in [5, 5.41) is 8.38. The van der Waals surface area contributed by atoms with Crippen molar-refractivity contribution in [2.24, 2.45) is 7.05 Å². The van der Waals surface area contributed by atoms with Gasteiger partial charge in [-0.25, -0.2) is 9.78 Å². The van der Waals surface area contributed by atoms with Crippen LogP contribution in [0.25, 0.3) is 0 Å². The molecule has 0 saturated carbocycles. The van der Waals surface area contributed by atoms with Crippen molar-refractivity contribution in [1.29, 1.82) is 0 Å². The smallest absolute Gasteiger partial charge is 0.329 e. The van der Waals surface area contributed by atoms with Crippen molar-refractivity contribution in [1.82, 2.24) is 9.55 Å². The maximum absolute atomic E-state index is 10.2.